The molecule has 120 valence electrons. The van der Waals surface area contributed by atoms with Gasteiger partial charge in [0.15, 0.2) is 15.0 Å². The number of aromatic nitrogens is 1. The number of nitrogens with one attached hydrogen (secondary N) is 1. The highest BCUT2D eigenvalue weighted by Gasteiger charge is 2.24. The highest BCUT2D eigenvalue weighted by molar-refractivity contribution is 7.94. The lowest BCUT2D eigenvalue weighted by atomic mass is 10.1. The van der Waals surface area contributed by atoms with Crippen LogP contribution in [0.3, 0.4) is 0 Å². The van der Waals surface area contributed by atoms with Gasteiger partial charge in [0.2, 0.25) is 5.91 Å². The SMILES string of the molecule is CCOC(=O)c1sc(NC(=O)CC2C=CS(=O)(=O)C2)nc1C. The molecule has 0 bridgehead atoms. The number of carbonyl (C=O) groups is 2. The molecule has 0 aromatic carbocycles. The van der Waals surface area contributed by atoms with Gasteiger partial charge in [-0.1, -0.05) is 17.4 Å². The van der Waals surface area contributed by atoms with Crippen molar-refractivity contribution in [3.63, 3.8) is 0 Å². The molecule has 0 fully saturated rings. The first-order valence-corrected chi connectivity index (χ1v) is 9.19. The van der Waals surface area contributed by atoms with Crippen molar-refractivity contribution < 1.29 is 22.7 Å². The summed E-state index contributed by atoms with van der Waals surface area (Å²) >= 11 is 1.04. The molecular formula is C13H16N2O5S2. The number of ether oxygens (including phenoxy) is 1. The van der Waals surface area contributed by atoms with Crippen LogP contribution in [0.2, 0.25) is 0 Å². The summed E-state index contributed by atoms with van der Waals surface area (Å²) in [5.74, 6) is -1.18. The number of thiazole rings is 1. The summed E-state index contributed by atoms with van der Waals surface area (Å²) in [6.07, 6.45) is 1.58. The minimum atomic E-state index is -3.17. The number of anilines is 1. The Kier molecular flexibility index (Phi) is 4.97. The third-order valence-corrected chi connectivity index (χ3v) is 5.47. The standard InChI is InChI=1S/C13H16N2O5S2/c1-3-20-12(17)11-8(2)14-13(21-11)15-10(16)6-9-4-5-22(18,19)7-9/h4-5,9H,3,6-7H2,1-2H3,(H,14,15,16). The Bertz CT molecular complexity index is 721. The van der Waals surface area contributed by atoms with Crippen LogP contribution in [0.5, 0.6) is 0 Å². The summed E-state index contributed by atoms with van der Waals surface area (Å²) in [6, 6.07) is 0. The van der Waals surface area contributed by atoms with Crippen LogP contribution in [0.1, 0.15) is 28.7 Å². The van der Waals surface area contributed by atoms with E-state index in [1.54, 1.807) is 13.8 Å². The molecule has 1 N–H and O–H groups in total. The third-order valence-electron chi connectivity index (χ3n) is 2.96. The summed E-state index contributed by atoms with van der Waals surface area (Å²) in [5, 5.41) is 4.02. The van der Waals surface area contributed by atoms with Crippen molar-refractivity contribution in [2.75, 3.05) is 17.7 Å². The van der Waals surface area contributed by atoms with Crippen LogP contribution < -0.4 is 5.32 Å². The molecule has 1 aliphatic rings. The van der Waals surface area contributed by atoms with Crippen molar-refractivity contribution in [2.24, 2.45) is 5.92 Å². The van der Waals surface area contributed by atoms with Gasteiger partial charge in [0.1, 0.15) is 4.88 Å². The lowest BCUT2D eigenvalue weighted by Crippen LogP contribution is -2.17. The summed E-state index contributed by atoms with van der Waals surface area (Å²) in [7, 11) is -3.17. The number of aryl methyl sites for hydroxylation is 1. The average Bonchev–Trinajstić information content (AvgIpc) is 2.92. The van der Waals surface area contributed by atoms with E-state index in [0.717, 1.165) is 16.7 Å². The molecule has 2 heterocycles. The maximum absolute atomic E-state index is 11.9. The molecule has 0 radical (unpaired) electrons. The third kappa shape index (κ3) is 4.14. The zero-order valence-electron chi connectivity index (χ0n) is 12.2. The largest absolute Gasteiger partial charge is 0.462 e. The number of esters is 1. The van der Waals surface area contributed by atoms with Crippen LogP contribution in [-0.2, 0) is 19.4 Å². The second-order valence-electron chi connectivity index (χ2n) is 4.82. The van der Waals surface area contributed by atoms with Gasteiger partial charge in [-0.2, -0.15) is 0 Å². The highest BCUT2D eigenvalue weighted by atomic mass is 32.2. The number of hydrogen-bond acceptors (Lipinski definition) is 7. The van der Waals surface area contributed by atoms with Gasteiger partial charge in [0, 0.05) is 17.7 Å². The number of amides is 1. The van der Waals surface area contributed by atoms with Crippen LogP contribution in [0.15, 0.2) is 11.5 Å². The predicted molar refractivity (Wildman–Crippen MR) is 82.5 cm³/mol. The molecule has 1 atom stereocenters. The molecule has 9 heteroatoms. The minimum Gasteiger partial charge on any atom is -0.462 e. The van der Waals surface area contributed by atoms with E-state index in [4.69, 9.17) is 4.74 Å². The molecule has 0 spiro atoms. The van der Waals surface area contributed by atoms with E-state index in [2.05, 4.69) is 10.3 Å². The van der Waals surface area contributed by atoms with Crippen LogP contribution in [0, 0.1) is 12.8 Å². The topological polar surface area (TPSA) is 102 Å². The summed E-state index contributed by atoms with van der Waals surface area (Å²) in [4.78, 5) is 28.0. The first-order valence-electron chi connectivity index (χ1n) is 6.66. The molecule has 1 aromatic heterocycles. The molecule has 1 unspecified atom stereocenters. The second kappa shape index (κ2) is 6.57. The summed E-state index contributed by atoms with van der Waals surface area (Å²) in [5.41, 5.74) is 0.488. The van der Waals surface area contributed by atoms with E-state index in [1.807, 2.05) is 0 Å². The lowest BCUT2D eigenvalue weighted by Gasteiger charge is -2.05. The Morgan fingerprint density at radius 3 is 2.82 bits per heavy atom. The van der Waals surface area contributed by atoms with Gasteiger partial charge >= 0.3 is 5.97 Å². The first-order chi connectivity index (χ1) is 10.3. The van der Waals surface area contributed by atoms with Crippen LogP contribution in [-0.4, -0.2) is 37.6 Å². The zero-order chi connectivity index (χ0) is 16.3. The zero-order valence-corrected chi connectivity index (χ0v) is 13.8. The Balaban J connectivity index is 1.96. The van der Waals surface area contributed by atoms with Crippen LogP contribution in [0.25, 0.3) is 0 Å². The van der Waals surface area contributed by atoms with E-state index in [0.29, 0.717) is 15.7 Å². The molecular weight excluding hydrogens is 328 g/mol. The average molecular weight is 344 g/mol. The summed E-state index contributed by atoms with van der Waals surface area (Å²) in [6.45, 7) is 3.63. The molecule has 0 aliphatic carbocycles. The fourth-order valence-corrected chi connectivity index (χ4v) is 4.29. The van der Waals surface area contributed by atoms with Gasteiger partial charge in [0.25, 0.3) is 0 Å². The monoisotopic (exact) mass is 344 g/mol. The van der Waals surface area contributed by atoms with Gasteiger partial charge in [-0.25, -0.2) is 18.2 Å². The fourth-order valence-electron chi connectivity index (χ4n) is 2.01. The Labute approximate surface area is 132 Å². The lowest BCUT2D eigenvalue weighted by molar-refractivity contribution is -0.116. The number of rotatable bonds is 5. The number of allylic oxidation sites excluding steroid dienone is 1. The van der Waals surface area contributed by atoms with Crippen molar-refractivity contribution in [2.45, 2.75) is 20.3 Å². The minimum absolute atomic E-state index is 0.0502. The van der Waals surface area contributed by atoms with E-state index in [-0.39, 0.29) is 30.6 Å². The molecule has 0 saturated carbocycles. The van der Waals surface area contributed by atoms with Crippen LogP contribution in [0.4, 0.5) is 5.13 Å². The Morgan fingerprint density at radius 1 is 1.50 bits per heavy atom. The van der Waals surface area contributed by atoms with Gasteiger partial charge < -0.3 is 10.1 Å². The first kappa shape index (κ1) is 16.6. The van der Waals surface area contributed by atoms with Gasteiger partial charge in [-0.3, -0.25) is 4.79 Å². The van der Waals surface area contributed by atoms with Crippen molar-refractivity contribution in [3.8, 4) is 0 Å². The summed E-state index contributed by atoms with van der Waals surface area (Å²) < 4.78 is 27.5. The normalized spacial score (nSPS) is 19.1. The molecule has 22 heavy (non-hydrogen) atoms. The van der Waals surface area contributed by atoms with E-state index in [1.165, 1.54) is 6.08 Å². The molecule has 1 aromatic rings. The molecule has 1 aliphatic heterocycles. The number of carbonyl (C=O) groups excluding carboxylic acids is 2. The van der Waals surface area contributed by atoms with Crippen LogP contribution >= 0.6 is 11.3 Å². The van der Waals surface area contributed by atoms with Crippen molar-refractivity contribution in [3.05, 3.63) is 22.1 Å². The molecule has 7 nitrogen and oxygen atoms in total. The quantitative estimate of drug-likeness (QED) is 0.812. The van der Waals surface area contributed by atoms with Crippen molar-refractivity contribution in [1.82, 2.24) is 4.98 Å². The highest BCUT2D eigenvalue weighted by Crippen LogP contribution is 2.24. The smallest absolute Gasteiger partial charge is 0.350 e. The van der Waals surface area contributed by atoms with Gasteiger partial charge in [0.05, 0.1) is 18.1 Å². The fraction of sp³-hybridized carbons (Fsp3) is 0.462. The van der Waals surface area contributed by atoms with Crippen molar-refractivity contribution in [1.29, 1.82) is 0 Å². The van der Waals surface area contributed by atoms with Gasteiger partial charge in [-0.15, -0.1) is 0 Å². The number of hydrogen-bond donors (Lipinski definition) is 1. The van der Waals surface area contributed by atoms with Crippen molar-refractivity contribution >= 4 is 38.2 Å². The molecule has 0 saturated heterocycles. The number of sulfone groups is 1. The molecule has 2 rings (SSSR count). The maximum Gasteiger partial charge on any atom is 0.350 e. The molecule has 1 amide bonds. The Morgan fingerprint density at radius 2 is 2.23 bits per heavy atom. The van der Waals surface area contributed by atoms with E-state index < -0.39 is 15.8 Å². The van der Waals surface area contributed by atoms with E-state index in [9.17, 15) is 18.0 Å². The number of nitrogens with zero attached hydrogens (tertiary/aromatic N) is 1. The van der Waals surface area contributed by atoms with Gasteiger partial charge in [-0.05, 0) is 13.8 Å². The van der Waals surface area contributed by atoms with E-state index >= 15 is 0 Å². The predicted octanol–water partition coefficient (Wildman–Crippen LogP) is 1.52. The second-order valence-corrected chi connectivity index (χ2v) is 7.75. The Hall–Kier alpha value is -1.74. The maximum atomic E-state index is 11.9.